The molecule has 1 aromatic heterocycles. The van der Waals surface area contributed by atoms with E-state index < -0.39 is 0 Å². The molecule has 21 heavy (non-hydrogen) atoms. The molecule has 0 bridgehead atoms. The number of benzene rings is 1. The minimum Gasteiger partial charge on any atom is -0.362 e. The summed E-state index contributed by atoms with van der Waals surface area (Å²) in [5.74, 6) is 0.498. The van der Waals surface area contributed by atoms with Gasteiger partial charge in [-0.2, -0.15) is 0 Å². The first kappa shape index (κ1) is 16.0. The van der Waals surface area contributed by atoms with E-state index in [4.69, 9.17) is 12.2 Å². The number of hydrogen-bond donors (Lipinski definition) is 2. The van der Waals surface area contributed by atoms with E-state index in [9.17, 15) is 0 Å². The molecule has 0 aliphatic carbocycles. The molecule has 0 radical (unpaired) electrons. The maximum absolute atomic E-state index is 5.42. The van der Waals surface area contributed by atoms with Crippen LogP contribution < -0.4 is 10.6 Å². The Kier molecular flexibility index (Phi) is 6.21. The van der Waals surface area contributed by atoms with Gasteiger partial charge in [-0.3, -0.25) is 0 Å². The molecule has 2 aromatic rings. The topological polar surface area (TPSA) is 24.1 Å². The first-order valence-corrected chi connectivity index (χ1v) is 8.57. The largest absolute Gasteiger partial charge is 0.362 e. The van der Waals surface area contributed by atoms with Gasteiger partial charge in [-0.15, -0.1) is 11.3 Å². The van der Waals surface area contributed by atoms with Crippen LogP contribution in [-0.4, -0.2) is 11.7 Å². The van der Waals surface area contributed by atoms with Gasteiger partial charge in [0.25, 0.3) is 0 Å². The summed E-state index contributed by atoms with van der Waals surface area (Å²) in [7, 11) is 0. The molecular weight excluding hydrogens is 296 g/mol. The minimum atomic E-state index is 0.279. The highest BCUT2D eigenvalue weighted by molar-refractivity contribution is 7.80. The summed E-state index contributed by atoms with van der Waals surface area (Å²) in [4.78, 5) is 1.33. The average molecular weight is 319 g/mol. The molecule has 2 rings (SSSR count). The standard InChI is InChI=1S/C17H22N2S2/c1-13(2)16(15-9-6-12-21-15)19-17(20)18-11-10-14-7-4-3-5-8-14/h3-9,12-13,16H,10-11H2,1-2H3,(H2,18,19,20)/t16-/m1/s1. The van der Waals surface area contributed by atoms with E-state index in [1.54, 1.807) is 11.3 Å². The predicted octanol–water partition coefficient (Wildman–Crippen LogP) is 4.15. The fraction of sp³-hybridized carbons (Fsp3) is 0.353. The maximum Gasteiger partial charge on any atom is 0.166 e. The number of thiocarbonyl (C=S) groups is 1. The van der Waals surface area contributed by atoms with Crippen LogP contribution in [0.4, 0.5) is 0 Å². The van der Waals surface area contributed by atoms with Crippen molar-refractivity contribution in [2.75, 3.05) is 6.54 Å². The van der Waals surface area contributed by atoms with Gasteiger partial charge in [-0.1, -0.05) is 50.2 Å². The number of thiophene rings is 1. The molecule has 0 amide bonds. The number of nitrogens with one attached hydrogen (secondary N) is 2. The van der Waals surface area contributed by atoms with Crippen LogP contribution >= 0.6 is 23.6 Å². The van der Waals surface area contributed by atoms with Gasteiger partial charge in [0.2, 0.25) is 0 Å². The second-order valence-electron chi connectivity index (χ2n) is 5.37. The predicted molar refractivity (Wildman–Crippen MR) is 95.8 cm³/mol. The van der Waals surface area contributed by atoms with Crippen molar-refractivity contribution in [3.8, 4) is 0 Å². The zero-order valence-electron chi connectivity index (χ0n) is 12.5. The highest BCUT2D eigenvalue weighted by Crippen LogP contribution is 2.25. The Morgan fingerprint density at radius 1 is 1.14 bits per heavy atom. The van der Waals surface area contributed by atoms with Crippen molar-refractivity contribution in [2.45, 2.75) is 26.3 Å². The summed E-state index contributed by atoms with van der Waals surface area (Å²) in [5.41, 5.74) is 1.33. The third-order valence-electron chi connectivity index (χ3n) is 3.35. The number of rotatable bonds is 6. The molecule has 2 N–H and O–H groups in total. The van der Waals surface area contributed by atoms with Gasteiger partial charge in [0, 0.05) is 11.4 Å². The van der Waals surface area contributed by atoms with Crippen LogP contribution in [0.2, 0.25) is 0 Å². The molecule has 0 spiro atoms. The van der Waals surface area contributed by atoms with Crippen LogP contribution in [0.5, 0.6) is 0 Å². The molecule has 112 valence electrons. The quantitative estimate of drug-likeness (QED) is 0.782. The monoisotopic (exact) mass is 318 g/mol. The lowest BCUT2D eigenvalue weighted by molar-refractivity contribution is 0.475. The van der Waals surface area contributed by atoms with Crippen molar-refractivity contribution < 1.29 is 0 Å². The van der Waals surface area contributed by atoms with Gasteiger partial charge >= 0.3 is 0 Å². The van der Waals surface area contributed by atoms with Crippen LogP contribution in [0, 0.1) is 5.92 Å². The van der Waals surface area contributed by atoms with E-state index in [0.29, 0.717) is 5.92 Å². The minimum absolute atomic E-state index is 0.279. The zero-order valence-corrected chi connectivity index (χ0v) is 14.1. The van der Waals surface area contributed by atoms with Crippen LogP contribution in [0.3, 0.4) is 0 Å². The molecule has 2 nitrogen and oxygen atoms in total. The lowest BCUT2D eigenvalue weighted by Crippen LogP contribution is -2.40. The van der Waals surface area contributed by atoms with Crippen LogP contribution in [0.1, 0.15) is 30.3 Å². The molecule has 0 unspecified atom stereocenters. The second kappa shape index (κ2) is 8.15. The Morgan fingerprint density at radius 3 is 2.52 bits per heavy atom. The Hall–Kier alpha value is -1.39. The molecule has 0 aliphatic heterocycles. The SMILES string of the molecule is CC(C)[C@@H](NC(=S)NCCc1ccccc1)c1cccs1. The molecule has 1 atom stereocenters. The average Bonchev–Trinajstić information content (AvgIpc) is 2.99. The van der Waals surface area contributed by atoms with Crippen molar-refractivity contribution in [3.63, 3.8) is 0 Å². The third-order valence-corrected chi connectivity index (χ3v) is 4.56. The normalized spacial score (nSPS) is 12.1. The highest BCUT2D eigenvalue weighted by Gasteiger charge is 2.17. The Labute approximate surface area is 136 Å². The smallest absolute Gasteiger partial charge is 0.166 e. The van der Waals surface area contributed by atoms with Crippen LogP contribution in [0.15, 0.2) is 47.8 Å². The Morgan fingerprint density at radius 2 is 1.90 bits per heavy atom. The van der Waals surface area contributed by atoms with Gasteiger partial charge in [0.15, 0.2) is 5.11 Å². The highest BCUT2D eigenvalue weighted by atomic mass is 32.1. The van der Waals surface area contributed by atoms with E-state index in [-0.39, 0.29) is 6.04 Å². The summed E-state index contributed by atoms with van der Waals surface area (Å²) in [6.07, 6.45) is 0.980. The van der Waals surface area contributed by atoms with E-state index in [1.165, 1.54) is 10.4 Å². The molecule has 0 saturated heterocycles. The molecule has 0 saturated carbocycles. The molecule has 1 aromatic carbocycles. The van der Waals surface area contributed by atoms with E-state index in [2.05, 4.69) is 66.3 Å². The van der Waals surface area contributed by atoms with Gasteiger partial charge in [-0.25, -0.2) is 0 Å². The third kappa shape index (κ3) is 5.14. The van der Waals surface area contributed by atoms with Crippen molar-refractivity contribution in [3.05, 3.63) is 58.3 Å². The van der Waals surface area contributed by atoms with Crippen LogP contribution in [0.25, 0.3) is 0 Å². The summed E-state index contributed by atoms with van der Waals surface area (Å²) in [6, 6.07) is 15.0. The Bertz CT molecular complexity index is 535. The van der Waals surface area contributed by atoms with Gasteiger partial charge in [-0.05, 0) is 41.6 Å². The first-order valence-electron chi connectivity index (χ1n) is 7.28. The van der Waals surface area contributed by atoms with Crippen molar-refractivity contribution in [1.29, 1.82) is 0 Å². The summed E-state index contributed by atoms with van der Waals surface area (Å²) in [5, 5.41) is 9.58. The van der Waals surface area contributed by atoms with Gasteiger partial charge in [0.1, 0.15) is 0 Å². The zero-order chi connectivity index (χ0) is 15.1. The molecular formula is C17H22N2S2. The fourth-order valence-electron chi connectivity index (χ4n) is 2.19. The molecule has 1 heterocycles. The van der Waals surface area contributed by atoms with E-state index >= 15 is 0 Å². The maximum atomic E-state index is 5.42. The Balaban J connectivity index is 1.80. The van der Waals surface area contributed by atoms with E-state index in [1.807, 2.05) is 6.07 Å². The van der Waals surface area contributed by atoms with Crippen molar-refractivity contribution in [1.82, 2.24) is 10.6 Å². The lowest BCUT2D eigenvalue weighted by Gasteiger charge is -2.23. The summed E-state index contributed by atoms with van der Waals surface area (Å²) >= 11 is 7.19. The lowest BCUT2D eigenvalue weighted by atomic mass is 10.0. The molecule has 4 heteroatoms. The van der Waals surface area contributed by atoms with Gasteiger partial charge in [0.05, 0.1) is 6.04 Å². The van der Waals surface area contributed by atoms with Crippen molar-refractivity contribution >= 4 is 28.7 Å². The van der Waals surface area contributed by atoms with Gasteiger partial charge < -0.3 is 10.6 Å². The first-order chi connectivity index (χ1) is 10.2. The second-order valence-corrected chi connectivity index (χ2v) is 6.76. The molecule has 0 aliphatic rings. The number of hydrogen-bond acceptors (Lipinski definition) is 2. The summed E-state index contributed by atoms with van der Waals surface area (Å²) in [6.45, 7) is 5.28. The fourth-order valence-corrected chi connectivity index (χ4v) is 3.37. The van der Waals surface area contributed by atoms with Crippen LogP contribution in [-0.2, 0) is 6.42 Å². The summed E-state index contributed by atoms with van der Waals surface area (Å²) < 4.78 is 0. The molecule has 0 fully saturated rings. The van der Waals surface area contributed by atoms with E-state index in [0.717, 1.165) is 18.1 Å². The van der Waals surface area contributed by atoms with Crippen molar-refractivity contribution in [2.24, 2.45) is 5.92 Å².